The molecule has 0 saturated carbocycles. The van der Waals surface area contributed by atoms with Crippen LogP contribution in [0.15, 0.2) is 30.3 Å². The van der Waals surface area contributed by atoms with Gasteiger partial charge in [0.2, 0.25) is 5.13 Å². The van der Waals surface area contributed by atoms with Gasteiger partial charge in [-0.3, -0.25) is 0 Å². The Morgan fingerprint density at radius 3 is 2.73 bits per heavy atom. The molecular weight excluding hydrogens is 302 g/mol. The van der Waals surface area contributed by atoms with Crippen molar-refractivity contribution < 1.29 is 9.53 Å². The summed E-state index contributed by atoms with van der Waals surface area (Å²) in [6.45, 7) is 0.980. The van der Waals surface area contributed by atoms with Crippen molar-refractivity contribution in [3.05, 3.63) is 40.9 Å². The van der Waals surface area contributed by atoms with E-state index in [0.29, 0.717) is 23.3 Å². The number of carbonyl (C=O) groups excluding carboxylic acids is 1. The van der Waals surface area contributed by atoms with Crippen molar-refractivity contribution in [2.45, 2.75) is 6.04 Å². The number of nitrogens with zero attached hydrogens (tertiary/aromatic N) is 3. The number of benzene rings is 1. The average Bonchev–Trinajstić information content (AvgIpc) is 2.97. The Balaban J connectivity index is 2.17. The first kappa shape index (κ1) is 16.2. The molecule has 1 heterocycles. The van der Waals surface area contributed by atoms with Crippen LogP contribution in [-0.4, -0.2) is 48.4 Å². The molecule has 0 aliphatic rings. The van der Waals surface area contributed by atoms with Crippen LogP contribution >= 0.6 is 11.3 Å². The smallest absolute Gasteiger partial charge is 0.318 e. The molecule has 7 nitrogen and oxygen atoms in total. The number of rotatable bonds is 6. The van der Waals surface area contributed by atoms with E-state index in [4.69, 9.17) is 10.5 Å². The van der Waals surface area contributed by atoms with Gasteiger partial charge in [0.1, 0.15) is 11.0 Å². The van der Waals surface area contributed by atoms with Gasteiger partial charge < -0.3 is 20.7 Å². The summed E-state index contributed by atoms with van der Waals surface area (Å²) >= 11 is 1.26. The third-order valence-corrected chi connectivity index (χ3v) is 3.90. The van der Waals surface area contributed by atoms with Crippen molar-refractivity contribution in [2.24, 2.45) is 0 Å². The molecule has 0 unspecified atom stereocenters. The van der Waals surface area contributed by atoms with Crippen molar-refractivity contribution >= 4 is 22.5 Å². The first-order chi connectivity index (χ1) is 10.6. The number of hydrogen-bond donors (Lipinski definition) is 2. The normalized spacial score (nSPS) is 11.9. The molecule has 0 bridgehead atoms. The zero-order chi connectivity index (χ0) is 15.9. The predicted molar refractivity (Wildman–Crippen MR) is 85.6 cm³/mol. The number of ether oxygens (including phenoxy) is 1. The van der Waals surface area contributed by atoms with Crippen molar-refractivity contribution in [2.75, 3.05) is 33.0 Å². The second-order valence-electron chi connectivity index (χ2n) is 4.69. The molecule has 0 saturated heterocycles. The first-order valence-corrected chi connectivity index (χ1v) is 7.58. The first-order valence-electron chi connectivity index (χ1n) is 6.76. The lowest BCUT2D eigenvalue weighted by Crippen LogP contribution is -2.41. The van der Waals surface area contributed by atoms with E-state index in [1.54, 1.807) is 19.1 Å². The number of aromatic nitrogens is 2. The number of urea groups is 1. The molecule has 2 aromatic rings. The van der Waals surface area contributed by atoms with E-state index in [2.05, 4.69) is 15.5 Å². The molecule has 1 aromatic carbocycles. The Kier molecular flexibility index (Phi) is 5.68. The number of methoxy groups -OCH3 is 1. The van der Waals surface area contributed by atoms with Crippen molar-refractivity contribution in [1.82, 2.24) is 20.4 Å². The van der Waals surface area contributed by atoms with Crippen LogP contribution in [0.5, 0.6) is 0 Å². The quantitative estimate of drug-likeness (QED) is 0.841. The molecule has 118 valence electrons. The van der Waals surface area contributed by atoms with Crippen LogP contribution in [0.3, 0.4) is 0 Å². The second-order valence-corrected chi connectivity index (χ2v) is 5.73. The number of hydrogen-bond acceptors (Lipinski definition) is 6. The number of carbonyl (C=O) groups is 1. The summed E-state index contributed by atoms with van der Waals surface area (Å²) in [5.74, 6) is 0. The predicted octanol–water partition coefficient (Wildman–Crippen LogP) is 1.50. The van der Waals surface area contributed by atoms with Crippen LogP contribution in [0.2, 0.25) is 0 Å². The average molecular weight is 321 g/mol. The molecule has 3 N–H and O–H groups in total. The van der Waals surface area contributed by atoms with Gasteiger partial charge in [0, 0.05) is 20.7 Å². The summed E-state index contributed by atoms with van der Waals surface area (Å²) in [4.78, 5) is 13.9. The molecule has 8 heteroatoms. The van der Waals surface area contributed by atoms with E-state index in [-0.39, 0.29) is 12.1 Å². The number of likely N-dealkylation sites (N-methyl/N-ethyl adjacent to an activating group) is 1. The zero-order valence-electron chi connectivity index (χ0n) is 12.5. The van der Waals surface area contributed by atoms with Gasteiger partial charge in [0.25, 0.3) is 0 Å². The van der Waals surface area contributed by atoms with Crippen LogP contribution in [0.25, 0.3) is 0 Å². The molecule has 22 heavy (non-hydrogen) atoms. The SMILES string of the molecule is COCCN(C)C(=O)N[C@@H](c1ccccc1)c1nnc(N)s1. The maximum Gasteiger partial charge on any atom is 0.318 e. The highest BCUT2D eigenvalue weighted by atomic mass is 32.1. The van der Waals surface area contributed by atoms with E-state index in [0.717, 1.165) is 5.56 Å². The number of amides is 2. The van der Waals surface area contributed by atoms with Gasteiger partial charge in [-0.2, -0.15) is 0 Å². The van der Waals surface area contributed by atoms with Crippen LogP contribution in [0.1, 0.15) is 16.6 Å². The van der Waals surface area contributed by atoms with E-state index in [9.17, 15) is 4.79 Å². The summed E-state index contributed by atoms with van der Waals surface area (Å²) in [5.41, 5.74) is 6.58. The molecule has 0 aliphatic heterocycles. The molecule has 0 aliphatic carbocycles. The standard InChI is InChI=1S/C14H19N5O2S/c1-19(8-9-21-2)14(20)16-11(10-6-4-3-5-7-10)12-17-18-13(15)22-12/h3-7,11H,8-9H2,1-2H3,(H2,15,18)(H,16,20)/t11-/m0/s1. The Hall–Kier alpha value is -2.19. The molecular formula is C14H19N5O2S. The monoisotopic (exact) mass is 321 g/mol. The maximum absolute atomic E-state index is 12.3. The lowest BCUT2D eigenvalue weighted by atomic mass is 10.1. The van der Waals surface area contributed by atoms with Crippen LogP contribution < -0.4 is 11.1 Å². The molecule has 2 amide bonds. The van der Waals surface area contributed by atoms with Gasteiger partial charge in [0.05, 0.1) is 6.61 Å². The fourth-order valence-corrected chi connectivity index (χ4v) is 2.55. The topological polar surface area (TPSA) is 93.4 Å². The van der Waals surface area contributed by atoms with Crippen molar-refractivity contribution in [3.63, 3.8) is 0 Å². The Labute approximate surface area is 133 Å². The van der Waals surface area contributed by atoms with Crippen molar-refractivity contribution in [1.29, 1.82) is 0 Å². The maximum atomic E-state index is 12.3. The van der Waals surface area contributed by atoms with Gasteiger partial charge in [-0.25, -0.2) is 4.79 Å². The van der Waals surface area contributed by atoms with E-state index >= 15 is 0 Å². The molecule has 0 spiro atoms. The number of nitrogen functional groups attached to an aromatic ring is 1. The molecule has 1 aromatic heterocycles. The second kappa shape index (κ2) is 7.71. The highest BCUT2D eigenvalue weighted by Crippen LogP contribution is 2.25. The largest absolute Gasteiger partial charge is 0.383 e. The van der Waals surface area contributed by atoms with E-state index in [1.165, 1.54) is 11.3 Å². The zero-order valence-corrected chi connectivity index (χ0v) is 13.3. The summed E-state index contributed by atoms with van der Waals surface area (Å²) < 4.78 is 4.98. The fraction of sp³-hybridized carbons (Fsp3) is 0.357. The highest BCUT2D eigenvalue weighted by molar-refractivity contribution is 7.15. The summed E-state index contributed by atoms with van der Waals surface area (Å²) in [6.07, 6.45) is 0. The minimum absolute atomic E-state index is 0.209. The number of anilines is 1. The van der Waals surface area contributed by atoms with E-state index in [1.807, 2.05) is 30.3 Å². The summed E-state index contributed by atoms with van der Waals surface area (Å²) in [7, 11) is 3.31. The summed E-state index contributed by atoms with van der Waals surface area (Å²) in [5, 5.41) is 11.9. The van der Waals surface area contributed by atoms with E-state index < -0.39 is 0 Å². The van der Waals surface area contributed by atoms with Gasteiger partial charge in [0.15, 0.2) is 0 Å². The molecule has 2 rings (SSSR count). The highest BCUT2D eigenvalue weighted by Gasteiger charge is 2.22. The van der Waals surface area contributed by atoms with Gasteiger partial charge in [-0.05, 0) is 5.56 Å². The number of nitrogens with two attached hydrogens (primary N) is 1. The minimum Gasteiger partial charge on any atom is -0.383 e. The van der Waals surface area contributed by atoms with Crippen LogP contribution in [0, 0.1) is 0 Å². The number of nitrogens with one attached hydrogen (secondary N) is 1. The lowest BCUT2D eigenvalue weighted by Gasteiger charge is -2.22. The van der Waals surface area contributed by atoms with Gasteiger partial charge >= 0.3 is 6.03 Å². The van der Waals surface area contributed by atoms with Crippen LogP contribution in [-0.2, 0) is 4.74 Å². The molecule has 1 atom stereocenters. The third-order valence-electron chi connectivity index (χ3n) is 3.08. The van der Waals surface area contributed by atoms with Gasteiger partial charge in [-0.15, -0.1) is 10.2 Å². The Morgan fingerprint density at radius 1 is 1.41 bits per heavy atom. The van der Waals surface area contributed by atoms with Crippen LogP contribution in [0.4, 0.5) is 9.93 Å². The Bertz CT molecular complexity index is 604. The third kappa shape index (κ3) is 4.15. The van der Waals surface area contributed by atoms with Gasteiger partial charge in [-0.1, -0.05) is 41.7 Å². The summed E-state index contributed by atoms with van der Waals surface area (Å²) in [6, 6.07) is 9.01. The fourth-order valence-electron chi connectivity index (χ4n) is 1.86. The minimum atomic E-state index is -0.381. The van der Waals surface area contributed by atoms with Crippen molar-refractivity contribution in [3.8, 4) is 0 Å². The molecule has 0 radical (unpaired) electrons. The lowest BCUT2D eigenvalue weighted by molar-refractivity contribution is 0.158. The molecule has 0 fully saturated rings. The Morgan fingerprint density at radius 2 is 2.14 bits per heavy atom.